The Balaban J connectivity index is 2.07. The summed E-state index contributed by atoms with van der Waals surface area (Å²) in [6, 6.07) is 0. The number of rotatable bonds is 5. The molecule has 1 aromatic heterocycles. The van der Waals surface area contributed by atoms with Crippen LogP contribution >= 0.6 is 0 Å². The highest BCUT2D eigenvalue weighted by Crippen LogP contribution is 2.21. The number of nitrogens with two attached hydrogens (primary N) is 1. The number of hydrogen-bond acceptors (Lipinski definition) is 3. The maximum absolute atomic E-state index is 12.6. The summed E-state index contributed by atoms with van der Waals surface area (Å²) in [6.07, 6.45) is 6.11. The van der Waals surface area contributed by atoms with Crippen LogP contribution < -0.4 is 5.73 Å². The second-order valence-electron chi connectivity index (χ2n) is 5.68. The molecule has 1 amide bonds. The Hall–Kier alpha value is -1.36. The Morgan fingerprint density at radius 2 is 2.35 bits per heavy atom. The van der Waals surface area contributed by atoms with Crippen LogP contribution in [-0.2, 0) is 6.54 Å². The van der Waals surface area contributed by atoms with Crippen LogP contribution in [0.3, 0.4) is 0 Å². The zero-order valence-electron chi connectivity index (χ0n) is 12.6. The third kappa shape index (κ3) is 3.20. The van der Waals surface area contributed by atoms with Gasteiger partial charge in [0.1, 0.15) is 0 Å². The fourth-order valence-corrected chi connectivity index (χ4v) is 2.88. The van der Waals surface area contributed by atoms with Crippen LogP contribution in [0, 0.1) is 12.8 Å². The normalized spacial score (nSPS) is 19.4. The zero-order chi connectivity index (χ0) is 14.5. The standard InChI is InChI=1S/C15H26N4O/c1-3-13-6-4-8-18(11-13)15(20)14-10-17-19(12(14)2)9-5-7-16/h10,13H,3-9,11,16H2,1-2H3. The Labute approximate surface area is 121 Å². The molecule has 1 aliphatic heterocycles. The van der Waals surface area contributed by atoms with E-state index in [1.807, 2.05) is 16.5 Å². The van der Waals surface area contributed by atoms with Gasteiger partial charge in [0, 0.05) is 25.3 Å². The van der Waals surface area contributed by atoms with E-state index in [2.05, 4.69) is 12.0 Å². The summed E-state index contributed by atoms with van der Waals surface area (Å²) in [6.45, 7) is 7.37. The lowest BCUT2D eigenvalue weighted by molar-refractivity contribution is 0.0670. The summed E-state index contributed by atoms with van der Waals surface area (Å²) in [4.78, 5) is 14.6. The highest BCUT2D eigenvalue weighted by Gasteiger charge is 2.25. The Morgan fingerprint density at radius 1 is 1.55 bits per heavy atom. The van der Waals surface area contributed by atoms with E-state index in [0.29, 0.717) is 12.5 Å². The quantitative estimate of drug-likeness (QED) is 0.893. The van der Waals surface area contributed by atoms with Crippen LogP contribution in [0.1, 0.15) is 48.7 Å². The summed E-state index contributed by atoms with van der Waals surface area (Å²) < 4.78 is 1.89. The molecule has 1 unspecified atom stereocenters. The van der Waals surface area contributed by atoms with E-state index in [4.69, 9.17) is 5.73 Å². The monoisotopic (exact) mass is 278 g/mol. The molecule has 1 aromatic rings. The average Bonchev–Trinajstić information content (AvgIpc) is 2.85. The van der Waals surface area contributed by atoms with Gasteiger partial charge in [-0.05, 0) is 38.6 Å². The lowest BCUT2D eigenvalue weighted by atomic mass is 9.95. The van der Waals surface area contributed by atoms with Gasteiger partial charge in [-0.3, -0.25) is 9.48 Å². The van der Waals surface area contributed by atoms with Gasteiger partial charge in [-0.2, -0.15) is 5.10 Å². The van der Waals surface area contributed by atoms with E-state index in [9.17, 15) is 4.79 Å². The zero-order valence-corrected chi connectivity index (χ0v) is 12.6. The van der Waals surface area contributed by atoms with Gasteiger partial charge in [0.15, 0.2) is 0 Å². The molecule has 0 spiro atoms. The Kier molecular flexibility index (Phi) is 5.17. The molecule has 0 radical (unpaired) electrons. The predicted octanol–water partition coefficient (Wildman–Crippen LogP) is 1.80. The molecule has 0 bridgehead atoms. The third-order valence-corrected chi connectivity index (χ3v) is 4.29. The fourth-order valence-electron chi connectivity index (χ4n) is 2.88. The van der Waals surface area contributed by atoms with Crippen molar-refractivity contribution < 1.29 is 4.79 Å². The molecule has 1 fully saturated rings. The first-order valence-electron chi connectivity index (χ1n) is 7.69. The van der Waals surface area contributed by atoms with Gasteiger partial charge in [-0.15, -0.1) is 0 Å². The molecule has 5 nitrogen and oxygen atoms in total. The number of piperidine rings is 1. The molecule has 2 N–H and O–H groups in total. The smallest absolute Gasteiger partial charge is 0.257 e. The highest BCUT2D eigenvalue weighted by molar-refractivity contribution is 5.95. The molecular weight excluding hydrogens is 252 g/mol. The summed E-state index contributed by atoms with van der Waals surface area (Å²) >= 11 is 0. The lowest BCUT2D eigenvalue weighted by Crippen LogP contribution is -2.39. The van der Waals surface area contributed by atoms with Crippen molar-refractivity contribution in [2.45, 2.75) is 46.1 Å². The SMILES string of the molecule is CCC1CCCN(C(=O)c2cnn(CCCN)c2C)C1. The van der Waals surface area contributed by atoms with Crippen LogP contribution in [-0.4, -0.2) is 40.2 Å². The van der Waals surface area contributed by atoms with Crippen LogP contribution in [0.15, 0.2) is 6.20 Å². The van der Waals surface area contributed by atoms with Crippen molar-refractivity contribution >= 4 is 5.91 Å². The van der Waals surface area contributed by atoms with Crippen LogP contribution in [0.4, 0.5) is 0 Å². The van der Waals surface area contributed by atoms with E-state index < -0.39 is 0 Å². The van der Waals surface area contributed by atoms with Crippen LogP contribution in [0.2, 0.25) is 0 Å². The number of aromatic nitrogens is 2. The molecular formula is C15H26N4O. The van der Waals surface area contributed by atoms with Gasteiger partial charge in [0.05, 0.1) is 11.8 Å². The number of amides is 1. The minimum atomic E-state index is 0.139. The van der Waals surface area contributed by atoms with Crippen molar-refractivity contribution in [1.29, 1.82) is 0 Å². The number of carbonyl (C=O) groups is 1. The fraction of sp³-hybridized carbons (Fsp3) is 0.733. The van der Waals surface area contributed by atoms with Crippen molar-refractivity contribution in [3.63, 3.8) is 0 Å². The third-order valence-electron chi connectivity index (χ3n) is 4.29. The maximum Gasteiger partial charge on any atom is 0.257 e. The molecule has 2 rings (SSSR count). The number of likely N-dealkylation sites (tertiary alicyclic amines) is 1. The summed E-state index contributed by atoms with van der Waals surface area (Å²) in [7, 11) is 0. The van der Waals surface area contributed by atoms with Crippen molar-refractivity contribution in [2.24, 2.45) is 11.7 Å². The van der Waals surface area contributed by atoms with Gasteiger partial charge in [0.25, 0.3) is 5.91 Å². The molecule has 20 heavy (non-hydrogen) atoms. The van der Waals surface area contributed by atoms with Crippen molar-refractivity contribution in [1.82, 2.24) is 14.7 Å². The molecule has 1 saturated heterocycles. The topological polar surface area (TPSA) is 64.2 Å². The van der Waals surface area contributed by atoms with Crippen LogP contribution in [0.25, 0.3) is 0 Å². The van der Waals surface area contributed by atoms with E-state index in [-0.39, 0.29) is 5.91 Å². The predicted molar refractivity (Wildman–Crippen MR) is 79.6 cm³/mol. The molecule has 1 aliphatic rings. The van der Waals surface area contributed by atoms with Crippen molar-refractivity contribution in [2.75, 3.05) is 19.6 Å². The first-order valence-corrected chi connectivity index (χ1v) is 7.69. The van der Waals surface area contributed by atoms with E-state index in [1.165, 1.54) is 6.42 Å². The summed E-state index contributed by atoms with van der Waals surface area (Å²) in [5.41, 5.74) is 7.23. The summed E-state index contributed by atoms with van der Waals surface area (Å²) in [5, 5.41) is 4.32. The molecule has 0 saturated carbocycles. The van der Waals surface area contributed by atoms with E-state index >= 15 is 0 Å². The van der Waals surface area contributed by atoms with Gasteiger partial charge >= 0.3 is 0 Å². The highest BCUT2D eigenvalue weighted by atomic mass is 16.2. The molecule has 112 valence electrons. The lowest BCUT2D eigenvalue weighted by Gasteiger charge is -2.32. The second-order valence-corrected chi connectivity index (χ2v) is 5.68. The van der Waals surface area contributed by atoms with Crippen molar-refractivity contribution in [3.8, 4) is 0 Å². The molecule has 2 heterocycles. The summed E-state index contributed by atoms with van der Waals surface area (Å²) in [5.74, 6) is 0.792. The van der Waals surface area contributed by atoms with Crippen molar-refractivity contribution in [3.05, 3.63) is 17.5 Å². The van der Waals surface area contributed by atoms with Crippen LogP contribution in [0.5, 0.6) is 0 Å². The Morgan fingerprint density at radius 3 is 3.05 bits per heavy atom. The number of aryl methyl sites for hydroxylation is 1. The van der Waals surface area contributed by atoms with E-state index in [0.717, 1.165) is 50.2 Å². The molecule has 0 aliphatic carbocycles. The number of nitrogens with zero attached hydrogens (tertiary/aromatic N) is 3. The second kappa shape index (κ2) is 6.88. The van der Waals surface area contributed by atoms with Gasteiger partial charge in [-0.25, -0.2) is 0 Å². The maximum atomic E-state index is 12.6. The van der Waals surface area contributed by atoms with Gasteiger partial charge in [0.2, 0.25) is 0 Å². The first-order chi connectivity index (χ1) is 9.67. The number of carbonyl (C=O) groups excluding carboxylic acids is 1. The van der Waals surface area contributed by atoms with E-state index in [1.54, 1.807) is 6.20 Å². The molecule has 5 heteroatoms. The molecule has 0 aromatic carbocycles. The van der Waals surface area contributed by atoms with Gasteiger partial charge < -0.3 is 10.6 Å². The number of hydrogen-bond donors (Lipinski definition) is 1. The van der Waals surface area contributed by atoms with Gasteiger partial charge in [-0.1, -0.05) is 13.3 Å². The largest absolute Gasteiger partial charge is 0.338 e. The Bertz CT molecular complexity index is 455. The molecule has 1 atom stereocenters. The average molecular weight is 278 g/mol. The minimum absolute atomic E-state index is 0.139. The minimum Gasteiger partial charge on any atom is -0.338 e. The first kappa shape index (κ1) is 15.0.